The van der Waals surface area contributed by atoms with Crippen LogP contribution in [-0.4, -0.2) is 21.8 Å². The maximum Gasteiger partial charge on any atom is 0.161 e. The van der Waals surface area contributed by atoms with Crippen LogP contribution in [0.2, 0.25) is 0 Å². The molecule has 0 amide bonds. The number of benzene rings is 1. The number of aromatic nitrogens is 2. The molecule has 2 fully saturated rings. The molecule has 5 heteroatoms. The number of rotatable bonds is 1. The average molecular weight is 278 g/mol. The number of hydrogen-bond donors (Lipinski definition) is 0. The lowest BCUT2D eigenvalue weighted by Crippen LogP contribution is -2.45. The van der Waals surface area contributed by atoms with Crippen molar-refractivity contribution in [3.05, 3.63) is 30.1 Å². The molecule has 1 saturated heterocycles. The van der Waals surface area contributed by atoms with E-state index >= 15 is 0 Å². The molecule has 1 aliphatic carbocycles. The molecule has 20 heavy (non-hydrogen) atoms. The maximum absolute atomic E-state index is 13.5. The predicted octanol–water partition coefficient (Wildman–Crippen LogP) is 3.59. The maximum atomic E-state index is 13.5. The van der Waals surface area contributed by atoms with Crippen molar-refractivity contribution in [1.82, 2.24) is 9.55 Å². The van der Waals surface area contributed by atoms with Crippen LogP contribution in [0, 0.1) is 11.6 Å². The monoisotopic (exact) mass is 278 g/mol. The highest BCUT2D eigenvalue weighted by molar-refractivity contribution is 5.75. The van der Waals surface area contributed by atoms with Gasteiger partial charge in [-0.25, -0.2) is 13.8 Å². The van der Waals surface area contributed by atoms with E-state index in [1.165, 1.54) is 18.6 Å². The Balaban J connectivity index is 1.72. The summed E-state index contributed by atoms with van der Waals surface area (Å²) >= 11 is 0. The highest BCUT2D eigenvalue weighted by atomic mass is 19.2. The van der Waals surface area contributed by atoms with Gasteiger partial charge in [0.15, 0.2) is 11.6 Å². The van der Waals surface area contributed by atoms with Crippen LogP contribution < -0.4 is 0 Å². The Bertz CT molecular complexity index is 663. The number of fused-ring (bicyclic) bond motifs is 1. The van der Waals surface area contributed by atoms with E-state index in [9.17, 15) is 8.78 Å². The molecule has 106 valence electrons. The van der Waals surface area contributed by atoms with Crippen molar-refractivity contribution >= 4 is 11.0 Å². The topological polar surface area (TPSA) is 27.1 Å². The minimum atomic E-state index is -0.842. The first-order chi connectivity index (χ1) is 9.67. The highest BCUT2D eigenvalue weighted by Gasteiger charge is 2.43. The zero-order valence-electron chi connectivity index (χ0n) is 11.1. The smallest absolute Gasteiger partial charge is 0.161 e. The van der Waals surface area contributed by atoms with Crippen LogP contribution in [0.5, 0.6) is 0 Å². The largest absolute Gasteiger partial charge is 0.375 e. The van der Waals surface area contributed by atoms with E-state index < -0.39 is 11.6 Å². The van der Waals surface area contributed by atoms with Gasteiger partial charge in [0.05, 0.1) is 23.0 Å². The lowest BCUT2D eigenvalue weighted by Gasteiger charge is -2.47. The van der Waals surface area contributed by atoms with E-state index in [4.69, 9.17) is 4.74 Å². The molecule has 0 N–H and O–H groups in total. The molecule has 1 aromatic heterocycles. The van der Waals surface area contributed by atoms with E-state index in [1.54, 1.807) is 6.33 Å². The van der Waals surface area contributed by atoms with Crippen molar-refractivity contribution in [1.29, 1.82) is 0 Å². The second-order valence-corrected chi connectivity index (χ2v) is 5.94. The molecule has 2 aromatic rings. The van der Waals surface area contributed by atoms with Gasteiger partial charge in [0.2, 0.25) is 0 Å². The third-order valence-corrected chi connectivity index (χ3v) is 4.74. The van der Waals surface area contributed by atoms with Gasteiger partial charge in [-0.1, -0.05) is 0 Å². The van der Waals surface area contributed by atoms with Gasteiger partial charge in [0.1, 0.15) is 0 Å². The zero-order valence-corrected chi connectivity index (χ0v) is 11.1. The molecule has 4 rings (SSSR count). The Labute approximate surface area is 115 Å². The molecule has 3 nitrogen and oxygen atoms in total. The summed E-state index contributed by atoms with van der Waals surface area (Å²) in [5.41, 5.74) is 1.21. The molecular weight excluding hydrogens is 262 g/mol. The molecular formula is C15H16F2N2O. The van der Waals surface area contributed by atoms with Gasteiger partial charge in [-0.2, -0.15) is 0 Å². The SMILES string of the molecule is Fc1cc2ncn(C3CCOC4(CCC4)C3)c2cc1F. The first-order valence-electron chi connectivity index (χ1n) is 7.12. The van der Waals surface area contributed by atoms with Gasteiger partial charge in [-0.3, -0.25) is 0 Å². The number of hydrogen-bond acceptors (Lipinski definition) is 2. The van der Waals surface area contributed by atoms with Gasteiger partial charge in [0, 0.05) is 24.8 Å². The van der Waals surface area contributed by atoms with E-state index in [0.29, 0.717) is 11.0 Å². The van der Waals surface area contributed by atoms with Crippen LogP contribution >= 0.6 is 0 Å². The summed E-state index contributed by atoms with van der Waals surface area (Å²) in [4.78, 5) is 4.20. The fraction of sp³-hybridized carbons (Fsp3) is 0.533. The lowest BCUT2D eigenvalue weighted by atomic mass is 9.74. The minimum Gasteiger partial charge on any atom is -0.375 e. The van der Waals surface area contributed by atoms with E-state index in [2.05, 4.69) is 4.98 Å². The molecule has 1 saturated carbocycles. The third kappa shape index (κ3) is 1.76. The summed E-state index contributed by atoms with van der Waals surface area (Å²) in [5, 5.41) is 0. The summed E-state index contributed by atoms with van der Waals surface area (Å²) in [5.74, 6) is -1.66. The van der Waals surface area contributed by atoms with E-state index in [-0.39, 0.29) is 11.6 Å². The summed E-state index contributed by atoms with van der Waals surface area (Å²) < 4.78 is 34.6. The van der Waals surface area contributed by atoms with Crippen molar-refractivity contribution in [2.24, 2.45) is 0 Å². The van der Waals surface area contributed by atoms with Crippen LogP contribution in [-0.2, 0) is 4.74 Å². The molecule has 1 aliphatic heterocycles. The summed E-state index contributed by atoms with van der Waals surface area (Å²) in [6, 6.07) is 2.68. The number of imidazole rings is 1. The summed E-state index contributed by atoms with van der Waals surface area (Å²) in [7, 11) is 0. The lowest BCUT2D eigenvalue weighted by molar-refractivity contribution is -0.140. The predicted molar refractivity (Wildman–Crippen MR) is 70.5 cm³/mol. The second-order valence-electron chi connectivity index (χ2n) is 5.94. The van der Waals surface area contributed by atoms with Crippen molar-refractivity contribution in [2.75, 3.05) is 6.61 Å². The van der Waals surface area contributed by atoms with Crippen LogP contribution in [0.3, 0.4) is 0 Å². The molecule has 1 spiro atoms. The number of halogens is 2. The fourth-order valence-corrected chi connectivity index (χ4v) is 3.47. The minimum absolute atomic E-state index is 0.0259. The van der Waals surface area contributed by atoms with Gasteiger partial charge in [-0.05, 0) is 32.1 Å². The second kappa shape index (κ2) is 4.25. The molecule has 2 aliphatic rings. The average Bonchev–Trinajstić information content (AvgIpc) is 2.80. The molecule has 1 aromatic carbocycles. The van der Waals surface area contributed by atoms with Crippen LogP contribution in [0.1, 0.15) is 38.1 Å². The quantitative estimate of drug-likeness (QED) is 0.797. The Kier molecular flexibility index (Phi) is 2.61. The first kappa shape index (κ1) is 12.3. The van der Waals surface area contributed by atoms with E-state index in [0.717, 1.165) is 32.3 Å². The van der Waals surface area contributed by atoms with Crippen molar-refractivity contribution < 1.29 is 13.5 Å². The zero-order chi connectivity index (χ0) is 13.7. The highest BCUT2D eigenvalue weighted by Crippen LogP contribution is 2.46. The third-order valence-electron chi connectivity index (χ3n) is 4.74. The van der Waals surface area contributed by atoms with Crippen molar-refractivity contribution in [3.8, 4) is 0 Å². The molecule has 0 radical (unpaired) electrons. The number of ether oxygens (including phenoxy) is 1. The van der Waals surface area contributed by atoms with Crippen molar-refractivity contribution in [3.63, 3.8) is 0 Å². The Morgan fingerprint density at radius 2 is 2.05 bits per heavy atom. The van der Waals surface area contributed by atoms with Crippen molar-refractivity contribution in [2.45, 2.75) is 43.7 Å². The van der Waals surface area contributed by atoms with Crippen LogP contribution in [0.25, 0.3) is 11.0 Å². The number of nitrogens with zero attached hydrogens (tertiary/aromatic N) is 2. The van der Waals surface area contributed by atoms with Gasteiger partial charge < -0.3 is 9.30 Å². The Hall–Kier alpha value is -1.49. The fourth-order valence-electron chi connectivity index (χ4n) is 3.47. The van der Waals surface area contributed by atoms with Crippen LogP contribution in [0.15, 0.2) is 18.5 Å². The van der Waals surface area contributed by atoms with Crippen LogP contribution in [0.4, 0.5) is 8.78 Å². The van der Waals surface area contributed by atoms with Gasteiger partial charge in [-0.15, -0.1) is 0 Å². The normalized spacial score (nSPS) is 25.0. The summed E-state index contributed by atoms with van der Waals surface area (Å²) in [6.07, 6.45) is 6.98. The molecule has 0 bridgehead atoms. The molecule has 2 heterocycles. The summed E-state index contributed by atoms with van der Waals surface area (Å²) in [6.45, 7) is 0.730. The molecule has 1 atom stereocenters. The molecule has 1 unspecified atom stereocenters. The Morgan fingerprint density at radius 1 is 1.25 bits per heavy atom. The van der Waals surface area contributed by atoms with Gasteiger partial charge >= 0.3 is 0 Å². The van der Waals surface area contributed by atoms with E-state index in [1.807, 2.05) is 4.57 Å². The van der Waals surface area contributed by atoms with Gasteiger partial charge in [0.25, 0.3) is 0 Å². The first-order valence-corrected chi connectivity index (χ1v) is 7.12. The standard InChI is InChI=1S/C15H16F2N2O/c16-11-6-13-14(7-12(11)17)19(9-18-13)10-2-5-20-15(8-10)3-1-4-15/h6-7,9-10H,1-5,8H2. The Morgan fingerprint density at radius 3 is 2.80 bits per heavy atom.